The summed E-state index contributed by atoms with van der Waals surface area (Å²) in [6, 6.07) is 104. The van der Waals surface area contributed by atoms with Crippen molar-refractivity contribution in [3.63, 3.8) is 0 Å². The molecular weight excluding hydrogens is 997 g/mol. The normalized spacial score (nSPS) is 13.3. The number of hydrogen-bond donors (Lipinski definition) is 2. The van der Waals surface area contributed by atoms with Gasteiger partial charge in [-0.2, -0.15) is 0 Å². The summed E-state index contributed by atoms with van der Waals surface area (Å²) in [6.07, 6.45) is 0. The van der Waals surface area contributed by atoms with Gasteiger partial charge in [-0.3, -0.25) is 0 Å². The monoisotopic (exact) mass is 1050 g/mol. The lowest BCUT2D eigenvalue weighted by Crippen LogP contribution is -2.25. The standard InChI is InChI=1S/C37H25N.C25H15Br.C12H11N/c1-2-12-25(13-3-1)26-14-10-15-27(24-26)38-35-23-11-22-34-36(35)30-18-6-9-21-33(30)37(34)31-19-7-4-16-28(31)29-17-5-8-20-32(29)37;26-23-15-7-14-22-24(23)18-10-3-6-13-21(18)25(22)19-11-4-1-8-16(19)17-9-2-5-12-20(17)25;13-12-8-4-7-11(9-12)10-5-2-1-3-6-10/h1-24,38H;1-15H;1-9H,13H2. The third kappa shape index (κ3) is 7.22. The van der Waals surface area contributed by atoms with Gasteiger partial charge in [-0.15, -0.1) is 0 Å². The number of nitrogen functional groups attached to an aromatic ring is 1. The summed E-state index contributed by atoms with van der Waals surface area (Å²) < 4.78 is 1.17. The van der Waals surface area contributed by atoms with E-state index in [2.05, 4.69) is 276 Å². The number of anilines is 3. The summed E-state index contributed by atoms with van der Waals surface area (Å²) in [6.45, 7) is 0. The Morgan fingerprint density at radius 3 is 1.09 bits per heavy atom. The Hall–Kier alpha value is -9.28. The van der Waals surface area contributed by atoms with E-state index >= 15 is 0 Å². The first kappa shape index (κ1) is 46.3. The molecule has 77 heavy (non-hydrogen) atoms. The van der Waals surface area contributed by atoms with Gasteiger partial charge in [-0.05, 0) is 137 Å². The molecule has 16 rings (SSSR count). The van der Waals surface area contributed by atoms with Crippen LogP contribution in [0, 0.1) is 0 Å². The summed E-state index contributed by atoms with van der Waals surface area (Å²) in [4.78, 5) is 0. The Balaban J connectivity index is 0.000000119. The molecule has 0 aromatic heterocycles. The topological polar surface area (TPSA) is 38.0 Å². The Bertz CT molecular complexity index is 4140. The first-order valence-electron chi connectivity index (χ1n) is 26.4. The molecule has 0 atom stereocenters. The quantitative estimate of drug-likeness (QED) is 0.172. The van der Waals surface area contributed by atoms with E-state index < -0.39 is 0 Å². The van der Waals surface area contributed by atoms with E-state index in [0.29, 0.717) is 0 Å². The number of hydrogen-bond acceptors (Lipinski definition) is 2. The Kier molecular flexibility index (Phi) is 11.3. The average molecular weight is 1050 g/mol. The van der Waals surface area contributed by atoms with Gasteiger partial charge in [0.25, 0.3) is 0 Å². The minimum atomic E-state index is -0.317. The fourth-order valence-corrected chi connectivity index (χ4v) is 13.8. The van der Waals surface area contributed by atoms with E-state index in [0.717, 1.165) is 17.1 Å². The van der Waals surface area contributed by atoms with E-state index in [1.807, 2.05) is 36.4 Å². The minimum Gasteiger partial charge on any atom is -0.399 e. The van der Waals surface area contributed by atoms with Crippen molar-refractivity contribution < 1.29 is 0 Å². The Labute approximate surface area is 459 Å². The van der Waals surface area contributed by atoms with Gasteiger partial charge < -0.3 is 11.1 Å². The van der Waals surface area contributed by atoms with E-state index in [1.54, 1.807) is 0 Å². The van der Waals surface area contributed by atoms with Gasteiger partial charge in [0.15, 0.2) is 0 Å². The largest absolute Gasteiger partial charge is 0.399 e. The van der Waals surface area contributed by atoms with Crippen molar-refractivity contribution in [2.45, 2.75) is 10.8 Å². The van der Waals surface area contributed by atoms with Crippen LogP contribution in [0.1, 0.15) is 44.5 Å². The van der Waals surface area contributed by atoms with Crippen LogP contribution in [0.3, 0.4) is 0 Å². The second-order valence-electron chi connectivity index (χ2n) is 20.2. The zero-order valence-corrected chi connectivity index (χ0v) is 43.8. The van der Waals surface area contributed by atoms with Gasteiger partial charge in [0.05, 0.1) is 10.8 Å². The Morgan fingerprint density at radius 2 is 0.610 bits per heavy atom. The van der Waals surface area contributed by atoms with E-state index in [-0.39, 0.29) is 10.8 Å². The maximum Gasteiger partial charge on any atom is 0.0726 e. The Morgan fingerprint density at radius 1 is 0.273 bits per heavy atom. The van der Waals surface area contributed by atoms with Crippen LogP contribution in [-0.2, 0) is 10.8 Å². The molecule has 0 saturated heterocycles. The molecule has 0 radical (unpaired) electrons. The van der Waals surface area contributed by atoms with Crippen molar-refractivity contribution in [1.29, 1.82) is 0 Å². The lowest BCUT2D eigenvalue weighted by molar-refractivity contribution is 0.793. The third-order valence-electron chi connectivity index (χ3n) is 16.2. The zero-order valence-electron chi connectivity index (χ0n) is 42.2. The smallest absolute Gasteiger partial charge is 0.0726 e. The van der Waals surface area contributed by atoms with E-state index in [1.165, 1.54) is 116 Å². The zero-order chi connectivity index (χ0) is 51.5. The molecule has 4 aliphatic rings. The first-order valence-corrected chi connectivity index (χ1v) is 27.2. The second-order valence-corrected chi connectivity index (χ2v) is 21.1. The molecule has 2 spiro atoms. The summed E-state index contributed by atoms with van der Waals surface area (Å²) in [7, 11) is 0. The summed E-state index contributed by atoms with van der Waals surface area (Å²) in [5, 5.41) is 3.81. The van der Waals surface area contributed by atoms with Gasteiger partial charge in [-0.1, -0.05) is 271 Å². The predicted molar refractivity (Wildman–Crippen MR) is 325 cm³/mol. The molecule has 4 aliphatic carbocycles. The number of nitrogens with two attached hydrogens (primary N) is 1. The number of nitrogens with one attached hydrogen (secondary N) is 1. The fraction of sp³-hybridized carbons (Fsp3) is 0.0270. The van der Waals surface area contributed by atoms with Crippen molar-refractivity contribution >= 4 is 33.0 Å². The lowest BCUT2D eigenvalue weighted by Gasteiger charge is -2.30. The van der Waals surface area contributed by atoms with E-state index in [4.69, 9.17) is 5.73 Å². The molecule has 0 bridgehead atoms. The van der Waals surface area contributed by atoms with Crippen LogP contribution in [0.4, 0.5) is 17.1 Å². The van der Waals surface area contributed by atoms with Crippen molar-refractivity contribution in [2.75, 3.05) is 11.1 Å². The average Bonchev–Trinajstić information content (AvgIpc) is 4.39. The van der Waals surface area contributed by atoms with Crippen LogP contribution < -0.4 is 11.1 Å². The van der Waals surface area contributed by atoms with Gasteiger partial charge in [-0.25, -0.2) is 0 Å². The molecule has 12 aromatic rings. The van der Waals surface area contributed by atoms with Crippen LogP contribution in [0.5, 0.6) is 0 Å². The third-order valence-corrected chi connectivity index (χ3v) is 16.9. The molecule has 2 nitrogen and oxygen atoms in total. The SMILES string of the molecule is Brc1cccc2c1-c1ccccc1C21c2ccccc2-c2ccccc21.Nc1cccc(-c2ccccc2)c1.c1ccc(-c2cccc(Nc3cccc4c3-c3ccccc3C43c4ccccc4-c4ccccc43)c2)cc1. The van der Waals surface area contributed by atoms with E-state index in [9.17, 15) is 0 Å². The maximum absolute atomic E-state index is 5.70. The fourth-order valence-electron chi connectivity index (χ4n) is 13.3. The summed E-state index contributed by atoms with van der Waals surface area (Å²) in [5.74, 6) is 0. The number of fused-ring (bicyclic) bond motifs is 20. The van der Waals surface area contributed by atoms with Crippen LogP contribution in [0.15, 0.2) is 296 Å². The molecular formula is C74H51BrN2. The van der Waals surface area contributed by atoms with Crippen molar-refractivity contribution in [3.8, 4) is 66.8 Å². The maximum atomic E-state index is 5.70. The molecule has 0 amide bonds. The summed E-state index contributed by atoms with van der Waals surface area (Å²) in [5.41, 5.74) is 34.6. The molecule has 0 aliphatic heterocycles. The second kappa shape index (κ2) is 18.8. The minimum absolute atomic E-state index is 0.219. The molecule has 3 N–H and O–H groups in total. The molecule has 0 saturated carbocycles. The molecule has 0 fully saturated rings. The highest BCUT2D eigenvalue weighted by molar-refractivity contribution is 9.10. The van der Waals surface area contributed by atoms with Crippen LogP contribution in [0.25, 0.3) is 66.8 Å². The highest BCUT2D eigenvalue weighted by atomic mass is 79.9. The molecule has 12 aromatic carbocycles. The van der Waals surface area contributed by atoms with Crippen molar-refractivity contribution in [2.24, 2.45) is 0 Å². The van der Waals surface area contributed by atoms with Crippen LogP contribution in [0.2, 0.25) is 0 Å². The molecule has 0 unspecified atom stereocenters. The van der Waals surface area contributed by atoms with Crippen LogP contribution >= 0.6 is 15.9 Å². The number of halogens is 1. The van der Waals surface area contributed by atoms with Gasteiger partial charge in [0.1, 0.15) is 0 Å². The van der Waals surface area contributed by atoms with Crippen molar-refractivity contribution in [3.05, 3.63) is 340 Å². The molecule has 3 heteroatoms. The number of rotatable bonds is 4. The predicted octanol–water partition coefficient (Wildman–Crippen LogP) is 19.2. The van der Waals surface area contributed by atoms with Crippen molar-refractivity contribution in [1.82, 2.24) is 0 Å². The van der Waals surface area contributed by atoms with Gasteiger partial charge in [0.2, 0.25) is 0 Å². The highest BCUT2D eigenvalue weighted by Gasteiger charge is 2.53. The summed E-state index contributed by atoms with van der Waals surface area (Å²) >= 11 is 3.83. The van der Waals surface area contributed by atoms with Gasteiger partial charge >= 0.3 is 0 Å². The highest BCUT2D eigenvalue weighted by Crippen LogP contribution is 2.65. The lowest BCUT2D eigenvalue weighted by atomic mass is 9.70. The molecule has 364 valence electrons. The van der Waals surface area contributed by atoms with Crippen LogP contribution in [-0.4, -0.2) is 0 Å². The molecule has 0 heterocycles. The number of benzene rings is 12. The van der Waals surface area contributed by atoms with Gasteiger partial charge in [0, 0.05) is 32.7 Å². The first-order chi connectivity index (χ1) is 38.0.